The monoisotopic (exact) mass is 326 g/mol. The molecule has 1 fully saturated rings. The average molecular weight is 326 g/mol. The van der Waals surface area contributed by atoms with Crippen molar-refractivity contribution in [2.24, 2.45) is 0 Å². The van der Waals surface area contributed by atoms with Gasteiger partial charge in [0.15, 0.2) is 0 Å². The first-order chi connectivity index (χ1) is 10.4. The van der Waals surface area contributed by atoms with Crippen LogP contribution in [0.25, 0.3) is 0 Å². The molecule has 22 heavy (non-hydrogen) atoms. The van der Waals surface area contributed by atoms with Crippen LogP contribution in [-0.4, -0.2) is 56.9 Å². The highest BCUT2D eigenvalue weighted by Gasteiger charge is 2.28. The minimum absolute atomic E-state index is 0.0211. The first-order valence-electron chi connectivity index (χ1n) is 7.74. The summed E-state index contributed by atoms with van der Waals surface area (Å²) >= 11 is 0. The van der Waals surface area contributed by atoms with E-state index in [1.807, 2.05) is 6.92 Å². The zero-order valence-corrected chi connectivity index (χ0v) is 14.5. The van der Waals surface area contributed by atoms with Crippen LogP contribution in [0.2, 0.25) is 0 Å². The number of nitrogens with zero attached hydrogens (tertiary/aromatic N) is 2. The maximum Gasteiger partial charge on any atom is 0.281 e. The van der Waals surface area contributed by atoms with E-state index in [2.05, 4.69) is 24.3 Å². The van der Waals surface area contributed by atoms with Gasteiger partial charge < -0.3 is 4.74 Å². The van der Waals surface area contributed by atoms with Gasteiger partial charge in [-0.2, -0.15) is 17.0 Å². The van der Waals surface area contributed by atoms with Gasteiger partial charge in [-0.05, 0) is 31.7 Å². The molecule has 0 amide bonds. The number of hydrogen-bond acceptors (Lipinski definition) is 3. The van der Waals surface area contributed by atoms with E-state index < -0.39 is 10.2 Å². The summed E-state index contributed by atoms with van der Waals surface area (Å²) in [4.78, 5) is 0. The standard InChI is InChI=1S/C16H26N2O3S/c1-14-6-8-15(9-7-14)10-11-18(22(19,20)17(2)3)13-16-5-4-12-21-16/h6-9,16H,4-5,10-13H2,1-3H3. The molecule has 0 aromatic heterocycles. The molecule has 124 valence electrons. The second-order valence-electron chi connectivity index (χ2n) is 6.02. The summed E-state index contributed by atoms with van der Waals surface area (Å²) in [5.41, 5.74) is 2.36. The van der Waals surface area contributed by atoms with Gasteiger partial charge in [0, 0.05) is 33.8 Å². The number of benzene rings is 1. The van der Waals surface area contributed by atoms with Gasteiger partial charge in [0.1, 0.15) is 0 Å². The largest absolute Gasteiger partial charge is 0.377 e. The highest BCUT2D eigenvalue weighted by Crippen LogP contribution is 2.17. The Bertz CT molecular complexity index is 564. The van der Waals surface area contributed by atoms with E-state index in [9.17, 15) is 8.42 Å². The molecule has 6 heteroatoms. The molecular formula is C16H26N2O3S. The summed E-state index contributed by atoms with van der Waals surface area (Å²) in [6.45, 7) is 3.69. The maximum absolute atomic E-state index is 12.5. The second kappa shape index (κ2) is 7.55. The van der Waals surface area contributed by atoms with Crippen LogP contribution in [0.15, 0.2) is 24.3 Å². The SMILES string of the molecule is Cc1ccc(CCN(CC2CCCO2)S(=O)(=O)N(C)C)cc1. The molecule has 0 spiro atoms. The first kappa shape index (κ1) is 17.4. The normalized spacial score (nSPS) is 19.2. The molecule has 1 aliphatic heterocycles. The minimum atomic E-state index is -3.42. The zero-order chi connectivity index (χ0) is 16.2. The van der Waals surface area contributed by atoms with Crippen molar-refractivity contribution < 1.29 is 13.2 Å². The summed E-state index contributed by atoms with van der Waals surface area (Å²) in [7, 11) is -0.272. The lowest BCUT2D eigenvalue weighted by Gasteiger charge is -2.27. The van der Waals surface area contributed by atoms with Crippen LogP contribution < -0.4 is 0 Å². The predicted molar refractivity (Wildman–Crippen MR) is 88.0 cm³/mol. The van der Waals surface area contributed by atoms with Gasteiger partial charge in [-0.3, -0.25) is 0 Å². The molecule has 5 nitrogen and oxygen atoms in total. The van der Waals surface area contributed by atoms with Crippen molar-refractivity contribution in [1.29, 1.82) is 0 Å². The molecule has 0 bridgehead atoms. The average Bonchev–Trinajstić information content (AvgIpc) is 2.97. The zero-order valence-electron chi connectivity index (χ0n) is 13.7. The third-order valence-corrected chi connectivity index (χ3v) is 5.90. The van der Waals surface area contributed by atoms with Crippen LogP contribution in [0, 0.1) is 6.92 Å². The Morgan fingerprint density at radius 1 is 1.23 bits per heavy atom. The molecule has 0 aliphatic carbocycles. The quantitative estimate of drug-likeness (QED) is 0.768. The van der Waals surface area contributed by atoms with Crippen molar-refractivity contribution in [2.75, 3.05) is 33.8 Å². The van der Waals surface area contributed by atoms with Crippen molar-refractivity contribution in [3.8, 4) is 0 Å². The molecule has 2 rings (SSSR count). The molecule has 0 saturated carbocycles. The Kier molecular flexibility index (Phi) is 5.97. The lowest BCUT2D eigenvalue weighted by atomic mass is 10.1. The topological polar surface area (TPSA) is 49.9 Å². The number of rotatable bonds is 7. The molecule has 1 aliphatic rings. The van der Waals surface area contributed by atoms with Crippen molar-refractivity contribution >= 4 is 10.2 Å². The van der Waals surface area contributed by atoms with Crippen LogP contribution in [0.5, 0.6) is 0 Å². The summed E-state index contributed by atoms with van der Waals surface area (Å²) in [6, 6.07) is 8.23. The first-order valence-corrected chi connectivity index (χ1v) is 9.14. The van der Waals surface area contributed by atoms with E-state index in [0.717, 1.165) is 25.0 Å². The summed E-state index contributed by atoms with van der Waals surface area (Å²) in [5, 5.41) is 0. The lowest BCUT2D eigenvalue weighted by molar-refractivity contribution is 0.0928. The van der Waals surface area contributed by atoms with Crippen molar-refractivity contribution in [2.45, 2.75) is 32.3 Å². The summed E-state index contributed by atoms with van der Waals surface area (Å²) in [5.74, 6) is 0. The van der Waals surface area contributed by atoms with Crippen LogP contribution in [0.4, 0.5) is 0 Å². The van der Waals surface area contributed by atoms with Gasteiger partial charge in [0.2, 0.25) is 0 Å². The Hall–Kier alpha value is -0.950. The minimum Gasteiger partial charge on any atom is -0.377 e. The molecule has 1 heterocycles. The molecule has 0 radical (unpaired) electrons. The molecule has 1 saturated heterocycles. The van der Waals surface area contributed by atoms with Gasteiger partial charge in [-0.15, -0.1) is 0 Å². The Morgan fingerprint density at radius 3 is 2.45 bits per heavy atom. The lowest BCUT2D eigenvalue weighted by Crippen LogP contribution is -2.44. The van der Waals surface area contributed by atoms with Gasteiger partial charge in [0.05, 0.1) is 6.10 Å². The number of aryl methyl sites for hydroxylation is 1. The van der Waals surface area contributed by atoms with Gasteiger partial charge in [-0.25, -0.2) is 0 Å². The maximum atomic E-state index is 12.5. The van der Waals surface area contributed by atoms with Crippen molar-refractivity contribution in [1.82, 2.24) is 8.61 Å². The highest BCUT2D eigenvalue weighted by atomic mass is 32.2. The van der Waals surface area contributed by atoms with Crippen LogP contribution in [-0.2, 0) is 21.4 Å². The smallest absolute Gasteiger partial charge is 0.281 e. The second-order valence-corrected chi connectivity index (χ2v) is 8.16. The van der Waals surface area contributed by atoms with Gasteiger partial charge in [-0.1, -0.05) is 29.8 Å². The molecule has 1 aromatic carbocycles. The van der Waals surface area contributed by atoms with E-state index in [0.29, 0.717) is 19.5 Å². The van der Waals surface area contributed by atoms with Crippen LogP contribution in [0.3, 0.4) is 0 Å². The van der Waals surface area contributed by atoms with Crippen LogP contribution >= 0.6 is 0 Å². The van der Waals surface area contributed by atoms with Crippen LogP contribution in [0.1, 0.15) is 24.0 Å². The highest BCUT2D eigenvalue weighted by molar-refractivity contribution is 7.86. The van der Waals surface area contributed by atoms with E-state index in [1.165, 1.54) is 9.87 Å². The number of hydrogen-bond donors (Lipinski definition) is 0. The molecule has 1 aromatic rings. The fraction of sp³-hybridized carbons (Fsp3) is 0.625. The van der Waals surface area contributed by atoms with Crippen molar-refractivity contribution in [3.05, 3.63) is 35.4 Å². The predicted octanol–water partition coefficient (Wildman–Crippen LogP) is 1.82. The third-order valence-electron chi connectivity index (χ3n) is 3.99. The third kappa shape index (κ3) is 4.52. The molecular weight excluding hydrogens is 300 g/mol. The molecule has 1 atom stereocenters. The van der Waals surface area contributed by atoms with E-state index in [1.54, 1.807) is 18.4 Å². The number of ether oxygens (including phenoxy) is 1. The van der Waals surface area contributed by atoms with Gasteiger partial charge in [0.25, 0.3) is 10.2 Å². The molecule has 0 N–H and O–H groups in total. The Labute approximate surface area is 134 Å². The summed E-state index contributed by atoms with van der Waals surface area (Å²) < 4.78 is 33.4. The molecule has 1 unspecified atom stereocenters. The van der Waals surface area contributed by atoms with Crippen molar-refractivity contribution in [3.63, 3.8) is 0 Å². The van der Waals surface area contributed by atoms with E-state index in [4.69, 9.17) is 4.74 Å². The fourth-order valence-corrected chi connectivity index (χ4v) is 3.69. The van der Waals surface area contributed by atoms with Gasteiger partial charge >= 0.3 is 0 Å². The Morgan fingerprint density at radius 2 is 1.91 bits per heavy atom. The fourth-order valence-electron chi connectivity index (χ4n) is 2.56. The van der Waals surface area contributed by atoms with E-state index >= 15 is 0 Å². The van der Waals surface area contributed by atoms with E-state index in [-0.39, 0.29) is 6.10 Å². The Balaban J connectivity index is 2.04. The summed E-state index contributed by atoms with van der Waals surface area (Å²) in [6.07, 6.45) is 2.68.